The van der Waals surface area contributed by atoms with Gasteiger partial charge in [-0.1, -0.05) is 13.0 Å². The van der Waals surface area contributed by atoms with Gasteiger partial charge < -0.3 is 16.2 Å². The molecule has 1 atom stereocenters. The number of halogens is 2. The fourth-order valence-electron chi connectivity index (χ4n) is 3.42. The third-order valence-corrected chi connectivity index (χ3v) is 5.39. The van der Waals surface area contributed by atoms with E-state index in [1.165, 1.54) is 18.2 Å². The maximum Gasteiger partial charge on any atom is 0.267 e. The fourth-order valence-corrected chi connectivity index (χ4v) is 3.42. The average molecular weight is 416 g/mol. The van der Waals surface area contributed by atoms with Gasteiger partial charge in [0.15, 0.2) is 11.4 Å². The first kappa shape index (κ1) is 21.7. The van der Waals surface area contributed by atoms with Crippen molar-refractivity contribution in [2.24, 2.45) is 11.5 Å². The number of primary amides is 1. The molecule has 30 heavy (non-hydrogen) atoms. The van der Waals surface area contributed by atoms with Gasteiger partial charge in [-0.25, -0.2) is 13.8 Å². The molecule has 0 saturated carbocycles. The summed E-state index contributed by atoms with van der Waals surface area (Å²) in [5.41, 5.74) is 13.9. The van der Waals surface area contributed by atoms with Gasteiger partial charge in [-0.15, -0.1) is 0 Å². The normalized spacial score (nSPS) is 13.4. The van der Waals surface area contributed by atoms with Crippen molar-refractivity contribution in [3.05, 3.63) is 64.1 Å². The SMILES string of the molecule is CCC(C)(N)Cc1c(C)cc(OCc2c(F)cccc2F)c2nc(C)c(C(N)=O)n12. The Morgan fingerprint density at radius 1 is 1.27 bits per heavy atom. The molecule has 4 N–H and O–H groups in total. The predicted molar refractivity (Wildman–Crippen MR) is 110 cm³/mol. The van der Waals surface area contributed by atoms with E-state index in [9.17, 15) is 13.6 Å². The maximum atomic E-state index is 14.0. The zero-order valence-corrected chi connectivity index (χ0v) is 17.6. The summed E-state index contributed by atoms with van der Waals surface area (Å²) in [7, 11) is 0. The van der Waals surface area contributed by atoms with Crippen LogP contribution in [0.1, 0.15) is 53.3 Å². The molecule has 160 valence electrons. The highest BCUT2D eigenvalue weighted by Crippen LogP contribution is 2.30. The summed E-state index contributed by atoms with van der Waals surface area (Å²) in [5, 5.41) is 0. The third kappa shape index (κ3) is 4.00. The highest BCUT2D eigenvalue weighted by molar-refractivity contribution is 5.93. The number of nitrogens with two attached hydrogens (primary N) is 2. The zero-order valence-electron chi connectivity index (χ0n) is 17.6. The highest BCUT2D eigenvalue weighted by Gasteiger charge is 2.26. The van der Waals surface area contributed by atoms with Crippen LogP contribution < -0.4 is 16.2 Å². The highest BCUT2D eigenvalue weighted by atomic mass is 19.1. The van der Waals surface area contributed by atoms with Crippen molar-refractivity contribution in [2.45, 2.75) is 52.7 Å². The second-order valence-corrected chi connectivity index (χ2v) is 7.88. The van der Waals surface area contributed by atoms with E-state index in [4.69, 9.17) is 16.2 Å². The first-order valence-electron chi connectivity index (χ1n) is 9.71. The van der Waals surface area contributed by atoms with E-state index in [2.05, 4.69) is 4.98 Å². The Balaban J connectivity index is 2.15. The van der Waals surface area contributed by atoms with Gasteiger partial charge in [-0.3, -0.25) is 9.20 Å². The number of amides is 1. The van der Waals surface area contributed by atoms with E-state index in [1.807, 2.05) is 20.8 Å². The van der Waals surface area contributed by atoms with Crippen LogP contribution in [0.15, 0.2) is 24.3 Å². The van der Waals surface area contributed by atoms with Gasteiger partial charge in [0.2, 0.25) is 0 Å². The van der Waals surface area contributed by atoms with Crippen LogP contribution in [0.3, 0.4) is 0 Å². The van der Waals surface area contributed by atoms with E-state index in [0.29, 0.717) is 23.5 Å². The smallest absolute Gasteiger partial charge is 0.267 e. The van der Waals surface area contributed by atoms with E-state index in [0.717, 1.165) is 17.7 Å². The molecule has 1 unspecified atom stereocenters. The molecule has 0 saturated heterocycles. The number of fused-ring (bicyclic) bond motifs is 1. The number of aromatic nitrogens is 2. The zero-order chi connectivity index (χ0) is 22.2. The van der Waals surface area contributed by atoms with E-state index < -0.39 is 23.1 Å². The number of hydrogen-bond donors (Lipinski definition) is 2. The molecule has 3 rings (SSSR count). The van der Waals surface area contributed by atoms with Gasteiger partial charge in [-0.05, 0) is 51.0 Å². The molecule has 0 spiro atoms. The first-order chi connectivity index (χ1) is 14.1. The Bertz CT molecular complexity index is 1100. The number of hydrogen-bond acceptors (Lipinski definition) is 4. The molecule has 6 nitrogen and oxygen atoms in total. The number of carbonyl (C=O) groups excluding carboxylic acids is 1. The van der Waals surface area contributed by atoms with Crippen LogP contribution in [-0.4, -0.2) is 20.8 Å². The molecule has 2 aromatic heterocycles. The number of pyridine rings is 1. The molecule has 0 fully saturated rings. The summed E-state index contributed by atoms with van der Waals surface area (Å²) in [6, 6.07) is 5.37. The minimum atomic E-state index is -0.696. The van der Waals surface area contributed by atoms with Crippen LogP contribution in [0.4, 0.5) is 8.78 Å². The monoisotopic (exact) mass is 416 g/mol. The molecule has 1 amide bonds. The molecular weight excluding hydrogens is 390 g/mol. The lowest BCUT2D eigenvalue weighted by molar-refractivity contribution is 0.0993. The van der Waals surface area contributed by atoms with Crippen LogP contribution in [0.5, 0.6) is 5.75 Å². The van der Waals surface area contributed by atoms with Crippen molar-refractivity contribution >= 4 is 11.6 Å². The Labute approximate surface area is 173 Å². The molecule has 8 heteroatoms. The lowest BCUT2D eigenvalue weighted by atomic mass is 9.92. The Hall–Kier alpha value is -3.00. The minimum absolute atomic E-state index is 0.184. The van der Waals surface area contributed by atoms with Gasteiger partial charge >= 0.3 is 0 Å². The average Bonchev–Trinajstić information content (AvgIpc) is 3.01. The third-order valence-electron chi connectivity index (χ3n) is 5.39. The lowest BCUT2D eigenvalue weighted by Gasteiger charge is -2.25. The van der Waals surface area contributed by atoms with Gasteiger partial charge in [0.25, 0.3) is 5.91 Å². The molecular formula is C22H26F2N4O2. The summed E-state index contributed by atoms with van der Waals surface area (Å²) in [6.45, 7) is 7.12. The molecule has 0 bridgehead atoms. The number of rotatable bonds is 7. The molecule has 0 aliphatic carbocycles. The van der Waals surface area contributed by atoms with Crippen LogP contribution in [0.25, 0.3) is 5.65 Å². The number of carbonyl (C=O) groups is 1. The topological polar surface area (TPSA) is 95.6 Å². The molecule has 1 aromatic carbocycles. The number of imidazole rings is 1. The van der Waals surface area contributed by atoms with E-state index in [1.54, 1.807) is 17.4 Å². The van der Waals surface area contributed by atoms with E-state index in [-0.39, 0.29) is 17.9 Å². The summed E-state index contributed by atoms with van der Waals surface area (Å²) >= 11 is 0. The van der Waals surface area contributed by atoms with E-state index >= 15 is 0 Å². The summed E-state index contributed by atoms with van der Waals surface area (Å²) < 4.78 is 35.4. The molecule has 0 radical (unpaired) electrons. The Kier molecular flexibility index (Phi) is 5.81. The number of aryl methyl sites for hydroxylation is 2. The van der Waals surface area contributed by atoms with Gasteiger partial charge in [0.05, 0.1) is 11.3 Å². The van der Waals surface area contributed by atoms with Crippen molar-refractivity contribution < 1.29 is 18.3 Å². The van der Waals surface area contributed by atoms with Crippen LogP contribution in [-0.2, 0) is 13.0 Å². The van der Waals surface area contributed by atoms with Gasteiger partial charge in [0.1, 0.15) is 23.9 Å². The standard InChI is InChI=1S/C22H26F2N4O2/c1-5-22(4,26)10-17-12(2)9-18(21-27-13(3)19(20(25)29)28(17)21)30-11-14-15(23)7-6-8-16(14)24/h6-9H,5,10-11,26H2,1-4H3,(H2,25,29). The van der Waals surface area contributed by atoms with Crippen LogP contribution in [0.2, 0.25) is 0 Å². The van der Waals surface area contributed by atoms with Gasteiger partial charge in [-0.2, -0.15) is 0 Å². The quantitative estimate of drug-likeness (QED) is 0.615. The Morgan fingerprint density at radius 3 is 2.47 bits per heavy atom. The number of nitrogens with zero attached hydrogens (tertiary/aromatic N) is 2. The molecule has 2 heterocycles. The summed E-state index contributed by atoms with van der Waals surface area (Å²) in [4.78, 5) is 16.6. The second kappa shape index (κ2) is 8.02. The molecule has 0 aliphatic rings. The number of ether oxygens (including phenoxy) is 1. The van der Waals surface area contributed by atoms with Crippen molar-refractivity contribution in [2.75, 3.05) is 0 Å². The van der Waals surface area contributed by atoms with Crippen molar-refractivity contribution in [3.63, 3.8) is 0 Å². The number of benzene rings is 1. The second-order valence-electron chi connectivity index (χ2n) is 7.88. The largest absolute Gasteiger partial charge is 0.485 e. The van der Waals surface area contributed by atoms with Gasteiger partial charge in [0, 0.05) is 17.7 Å². The lowest BCUT2D eigenvalue weighted by Crippen LogP contribution is -2.38. The van der Waals surface area contributed by atoms with Crippen molar-refractivity contribution in [1.82, 2.24) is 9.38 Å². The van der Waals surface area contributed by atoms with Crippen molar-refractivity contribution in [1.29, 1.82) is 0 Å². The maximum absolute atomic E-state index is 14.0. The predicted octanol–water partition coefficient (Wildman–Crippen LogP) is 3.58. The molecule has 0 aliphatic heterocycles. The summed E-state index contributed by atoms with van der Waals surface area (Å²) in [5.74, 6) is -1.73. The minimum Gasteiger partial charge on any atom is -0.485 e. The van der Waals surface area contributed by atoms with Crippen molar-refractivity contribution in [3.8, 4) is 5.75 Å². The van der Waals surface area contributed by atoms with Crippen LogP contribution in [0, 0.1) is 25.5 Å². The molecule has 3 aromatic rings. The fraction of sp³-hybridized carbons (Fsp3) is 0.364. The Morgan fingerprint density at radius 2 is 1.90 bits per heavy atom. The first-order valence-corrected chi connectivity index (χ1v) is 9.71. The van der Waals surface area contributed by atoms with Crippen LogP contribution >= 0.6 is 0 Å². The summed E-state index contributed by atoms with van der Waals surface area (Å²) in [6.07, 6.45) is 1.20.